The highest BCUT2D eigenvalue weighted by atomic mass is 35.5. The lowest BCUT2D eigenvalue weighted by Gasteiger charge is -2.38. The molecule has 23 heavy (non-hydrogen) atoms. The summed E-state index contributed by atoms with van der Waals surface area (Å²) >= 11 is 6.19. The van der Waals surface area contributed by atoms with Crippen molar-refractivity contribution in [2.24, 2.45) is 0 Å². The van der Waals surface area contributed by atoms with Gasteiger partial charge in [-0.1, -0.05) is 29.8 Å². The van der Waals surface area contributed by atoms with E-state index in [-0.39, 0.29) is 18.2 Å². The van der Waals surface area contributed by atoms with Crippen LogP contribution >= 0.6 is 11.6 Å². The fourth-order valence-electron chi connectivity index (χ4n) is 3.26. The second-order valence-electron chi connectivity index (χ2n) is 5.84. The molecule has 2 aliphatic heterocycles. The van der Waals surface area contributed by atoms with Crippen molar-refractivity contribution in [1.82, 2.24) is 15.1 Å². The predicted molar refractivity (Wildman–Crippen MR) is 84.0 cm³/mol. The minimum atomic E-state index is -0.663. The molecule has 6 nitrogen and oxygen atoms in total. The molecule has 5 atom stereocenters. The molecule has 0 spiro atoms. The molecule has 4 rings (SSSR count). The van der Waals surface area contributed by atoms with Gasteiger partial charge in [-0.3, -0.25) is 4.68 Å². The second-order valence-corrected chi connectivity index (χ2v) is 6.25. The first kappa shape index (κ1) is 15.1. The second kappa shape index (κ2) is 6.22. The van der Waals surface area contributed by atoms with Crippen LogP contribution in [0.3, 0.4) is 0 Å². The van der Waals surface area contributed by atoms with Crippen LogP contribution in [-0.4, -0.2) is 46.0 Å². The number of nitrogens with zero attached hydrogens (tertiary/aromatic N) is 2. The minimum absolute atomic E-state index is 0.177. The van der Waals surface area contributed by atoms with Crippen LogP contribution in [0, 0.1) is 0 Å². The summed E-state index contributed by atoms with van der Waals surface area (Å²) < 4.78 is 13.3. The van der Waals surface area contributed by atoms with Crippen molar-refractivity contribution in [3.05, 3.63) is 53.3 Å². The summed E-state index contributed by atoms with van der Waals surface area (Å²) in [5, 5.41) is 19.1. The van der Waals surface area contributed by atoms with Crippen LogP contribution < -0.4 is 5.32 Å². The standard InChI is InChI=1S/C16H18ClN3O3/c17-11-5-2-1-4-10(11)8-18-13-12-9-22-16(23-12)14(15(13)21)20-7-3-6-19-20/h1-7,12-16,18,21H,8-9H2. The lowest BCUT2D eigenvalue weighted by molar-refractivity contribution is -0.168. The average molecular weight is 336 g/mol. The van der Waals surface area contributed by atoms with E-state index in [4.69, 9.17) is 21.1 Å². The summed E-state index contributed by atoms with van der Waals surface area (Å²) in [4.78, 5) is 0. The zero-order valence-corrected chi connectivity index (χ0v) is 13.1. The van der Waals surface area contributed by atoms with Gasteiger partial charge in [0.15, 0.2) is 6.29 Å². The van der Waals surface area contributed by atoms with E-state index in [1.807, 2.05) is 36.5 Å². The Kier molecular flexibility index (Phi) is 4.09. The molecule has 0 amide bonds. The van der Waals surface area contributed by atoms with E-state index >= 15 is 0 Å². The number of aliphatic hydroxyl groups is 1. The summed E-state index contributed by atoms with van der Waals surface area (Å²) in [5.74, 6) is 0. The molecular weight excluding hydrogens is 318 g/mol. The molecular formula is C16H18ClN3O3. The molecule has 1 aromatic heterocycles. The van der Waals surface area contributed by atoms with Gasteiger partial charge in [-0.25, -0.2) is 0 Å². The summed E-state index contributed by atoms with van der Waals surface area (Å²) in [6, 6.07) is 8.86. The number of benzene rings is 1. The first-order chi connectivity index (χ1) is 11.2. The lowest BCUT2D eigenvalue weighted by atomic mass is 9.96. The van der Waals surface area contributed by atoms with E-state index in [1.165, 1.54) is 0 Å². The van der Waals surface area contributed by atoms with Crippen LogP contribution in [0.5, 0.6) is 0 Å². The molecule has 2 saturated heterocycles. The Morgan fingerprint density at radius 1 is 1.35 bits per heavy atom. The number of halogens is 1. The maximum atomic E-state index is 10.8. The maximum absolute atomic E-state index is 10.8. The van der Waals surface area contributed by atoms with Crippen molar-refractivity contribution in [1.29, 1.82) is 0 Å². The Labute approximate surface area is 139 Å². The molecule has 0 aliphatic carbocycles. The van der Waals surface area contributed by atoms with E-state index in [2.05, 4.69) is 10.4 Å². The van der Waals surface area contributed by atoms with Crippen molar-refractivity contribution in [2.45, 2.75) is 37.1 Å². The van der Waals surface area contributed by atoms with Crippen LogP contribution in [0.1, 0.15) is 11.6 Å². The maximum Gasteiger partial charge on any atom is 0.183 e. The van der Waals surface area contributed by atoms with Gasteiger partial charge < -0.3 is 19.9 Å². The normalized spacial score (nSPS) is 33.0. The van der Waals surface area contributed by atoms with E-state index in [1.54, 1.807) is 10.9 Å². The first-order valence-electron chi connectivity index (χ1n) is 7.65. The number of rotatable bonds is 4. The summed E-state index contributed by atoms with van der Waals surface area (Å²) in [6.07, 6.45) is 2.19. The van der Waals surface area contributed by atoms with Gasteiger partial charge in [-0.15, -0.1) is 0 Å². The Bertz CT molecular complexity index is 666. The molecule has 5 unspecified atom stereocenters. The summed E-state index contributed by atoms with van der Waals surface area (Å²) in [7, 11) is 0. The van der Waals surface area contributed by atoms with Crippen molar-refractivity contribution in [3.8, 4) is 0 Å². The molecule has 122 valence electrons. The molecule has 2 aliphatic rings. The zero-order valence-electron chi connectivity index (χ0n) is 12.4. The van der Waals surface area contributed by atoms with Crippen molar-refractivity contribution >= 4 is 11.6 Å². The Balaban J connectivity index is 1.52. The van der Waals surface area contributed by atoms with Crippen LogP contribution in [0.2, 0.25) is 5.02 Å². The monoisotopic (exact) mass is 335 g/mol. The van der Waals surface area contributed by atoms with Crippen LogP contribution in [-0.2, 0) is 16.0 Å². The Hall–Kier alpha value is -1.44. The molecule has 2 fully saturated rings. The third kappa shape index (κ3) is 2.77. The molecule has 2 bridgehead atoms. The van der Waals surface area contributed by atoms with Crippen LogP contribution in [0.15, 0.2) is 42.7 Å². The Morgan fingerprint density at radius 3 is 3.00 bits per heavy atom. The number of hydrogen-bond acceptors (Lipinski definition) is 5. The van der Waals surface area contributed by atoms with Crippen molar-refractivity contribution in [3.63, 3.8) is 0 Å². The van der Waals surface area contributed by atoms with Gasteiger partial charge >= 0.3 is 0 Å². The lowest BCUT2D eigenvalue weighted by Crippen LogP contribution is -2.57. The predicted octanol–water partition coefficient (Wildman–Crippen LogP) is 1.35. The third-order valence-electron chi connectivity index (χ3n) is 4.45. The van der Waals surface area contributed by atoms with Crippen LogP contribution in [0.4, 0.5) is 0 Å². The highest BCUT2D eigenvalue weighted by Crippen LogP contribution is 2.35. The van der Waals surface area contributed by atoms with Gasteiger partial charge in [-0.05, 0) is 17.7 Å². The van der Waals surface area contributed by atoms with Gasteiger partial charge in [0, 0.05) is 24.0 Å². The van der Waals surface area contributed by atoms with Gasteiger partial charge in [0.1, 0.15) is 12.1 Å². The largest absolute Gasteiger partial charge is 0.389 e. The van der Waals surface area contributed by atoms with E-state index < -0.39 is 12.4 Å². The molecule has 3 heterocycles. The number of ether oxygens (including phenoxy) is 2. The number of aliphatic hydroxyl groups excluding tert-OH is 1. The Morgan fingerprint density at radius 2 is 2.22 bits per heavy atom. The molecule has 0 saturated carbocycles. The van der Waals surface area contributed by atoms with Crippen LogP contribution in [0.25, 0.3) is 0 Å². The summed E-state index contributed by atoms with van der Waals surface area (Å²) in [6.45, 7) is 1.01. The average Bonchev–Trinajstić information content (AvgIpc) is 3.21. The van der Waals surface area contributed by atoms with Gasteiger partial charge in [0.05, 0.1) is 18.8 Å². The highest BCUT2D eigenvalue weighted by Gasteiger charge is 2.51. The fraction of sp³-hybridized carbons (Fsp3) is 0.438. The van der Waals surface area contributed by atoms with Gasteiger partial charge in [0.25, 0.3) is 0 Å². The fourth-order valence-corrected chi connectivity index (χ4v) is 3.46. The molecule has 7 heteroatoms. The smallest absolute Gasteiger partial charge is 0.183 e. The molecule has 2 N–H and O–H groups in total. The molecule has 1 aromatic carbocycles. The zero-order chi connectivity index (χ0) is 15.8. The van der Waals surface area contributed by atoms with Crippen molar-refractivity contribution in [2.75, 3.05) is 6.61 Å². The quantitative estimate of drug-likeness (QED) is 0.883. The van der Waals surface area contributed by atoms with E-state index in [9.17, 15) is 5.11 Å². The molecule has 0 radical (unpaired) electrons. The SMILES string of the molecule is OC1C(NCc2ccccc2Cl)C2COC(O2)C1n1cccn1. The number of hydrogen-bond donors (Lipinski definition) is 2. The summed E-state index contributed by atoms with van der Waals surface area (Å²) in [5.41, 5.74) is 0.984. The topological polar surface area (TPSA) is 68.5 Å². The first-order valence-corrected chi connectivity index (χ1v) is 8.03. The van der Waals surface area contributed by atoms with Gasteiger partial charge in [-0.2, -0.15) is 5.10 Å². The van der Waals surface area contributed by atoms with E-state index in [0.717, 1.165) is 5.56 Å². The number of aromatic nitrogens is 2. The third-order valence-corrected chi connectivity index (χ3v) is 4.82. The number of nitrogens with one attached hydrogen (secondary N) is 1. The van der Waals surface area contributed by atoms with E-state index in [0.29, 0.717) is 18.2 Å². The van der Waals surface area contributed by atoms with Crippen molar-refractivity contribution < 1.29 is 14.6 Å². The highest BCUT2D eigenvalue weighted by molar-refractivity contribution is 6.31. The number of fused-ring (bicyclic) bond motifs is 2. The minimum Gasteiger partial charge on any atom is -0.389 e. The van der Waals surface area contributed by atoms with Gasteiger partial charge in [0.2, 0.25) is 0 Å². The molecule has 2 aromatic rings.